The predicted octanol–water partition coefficient (Wildman–Crippen LogP) is 11.9. The summed E-state index contributed by atoms with van der Waals surface area (Å²) < 4.78 is 92.0. The SMILES string of the molecule is CNCCNc1nc(-c2cc(C(=O)Nc3ccc(F)cc3)ccc2C)c2c(n1)N(c1c(F)cccc1F)C(=O)NC2.Cc1ccc(C(=O)Nc2ccc(F)cc2)cc1-c1nc(NCCN(C)C(=O)OC(C)(C)C)nc2c1CNC(=O)N2c1c(F)cccc1F. The fraction of sp³-hybridized carbons (Fsp3) is 0.222. The minimum absolute atomic E-state index is 0.00153. The van der Waals surface area contributed by atoms with Crippen LogP contribution in [0.4, 0.5) is 87.0 Å². The van der Waals surface area contributed by atoms with Crippen LogP contribution in [-0.4, -0.2) is 101 Å². The lowest BCUT2D eigenvalue weighted by molar-refractivity contribution is 0.0305. The predicted molar refractivity (Wildman–Crippen MR) is 324 cm³/mol. The van der Waals surface area contributed by atoms with Crippen molar-refractivity contribution in [2.45, 2.75) is 53.3 Å². The third-order valence-electron chi connectivity index (χ3n) is 13.8. The van der Waals surface area contributed by atoms with E-state index in [9.17, 15) is 41.5 Å². The lowest BCUT2D eigenvalue weighted by Gasteiger charge is -2.31. The molecule has 4 heterocycles. The summed E-state index contributed by atoms with van der Waals surface area (Å²) in [5.74, 6) is -5.56. The number of para-hydroxylation sites is 2. The maximum atomic E-state index is 15.1. The Morgan fingerprint density at radius 2 is 0.978 bits per heavy atom. The number of aromatic nitrogens is 4. The Balaban J connectivity index is 0.000000214. The van der Waals surface area contributed by atoms with Crippen molar-refractivity contribution in [1.82, 2.24) is 40.8 Å². The summed E-state index contributed by atoms with van der Waals surface area (Å²) >= 11 is 0. The van der Waals surface area contributed by atoms with Crippen molar-refractivity contribution in [1.29, 1.82) is 0 Å². The molecule has 0 saturated heterocycles. The van der Waals surface area contributed by atoms with Gasteiger partial charge in [-0.25, -0.2) is 60.5 Å². The zero-order chi connectivity index (χ0) is 63.8. The molecule has 460 valence electrons. The normalized spacial score (nSPS) is 12.6. The van der Waals surface area contributed by atoms with E-state index >= 15 is 8.78 Å². The van der Waals surface area contributed by atoms with Crippen molar-refractivity contribution in [2.75, 3.05) is 71.3 Å². The van der Waals surface area contributed by atoms with Gasteiger partial charge in [0, 0.05) is 78.0 Å². The van der Waals surface area contributed by atoms with E-state index in [0.29, 0.717) is 69.2 Å². The van der Waals surface area contributed by atoms with E-state index in [1.807, 2.05) is 6.92 Å². The Kier molecular flexibility index (Phi) is 19.1. The van der Waals surface area contributed by atoms with Crippen LogP contribution in [0, 0.1) is 48.8 Å². The molecule has 8 aromatic rings. The van der Waals surface area contributed by atoms with Crippen molar-refractivity contribution in [2.24, 2.45) is 0 Å². The summed E-state index contributed by atoms with van der Waals surface area (Å²) in [6.45, 7) is 10.1. The number of nitrogens with one attached hydrogen (secondary N) is 7. The van der Waals surface area contributed by atoms with Crippen LogP contribution in [0.3, 0.4) is 0 Å². The molecule has 0 bridgehead atoms. The maximum absolute atomic E-state index is 15.1. The fourth-order valence-electron chi connectivity index (χ4n) is 9.32. The number of aryl methyl sites for hydroxylation is 2. The van der Waals surface area contributed by atoms with E-state index in [4.69, 9.17) is 14.7 Å². The minimum atomic E-state index is -0.984. The average molecular weight is 1220 g/mol. The first-order valence-electron chi connectivity index (χ1n) is 27.8. The number of rotatable bonds is 16. The highest BCUT2D eigenvalue weighted by Crippen LogP contribution is 2.42. The molecule has 89 heavy (non-hydrogen) atoms. The Morgan fingerprint density at radius 3 is 1.37 bits per heavy atom. The van der Waals surface area contributed by atoms with E-state index in [1.165, 1.54) is 65.6 Å². The number of benzene rings is 6. The second-order valence-corrected chi connectivity index (χ2v) is 21.4. The van der Waals surface area contributed by atoms with Crippen LogP contribution in [0.2, 0.25) is 0 Å². The summed E-state index contributed by atoms with van der Waals surface area (Å²) in [6, 6.07) is 25.6. The van der Waals surface area contributed by atoms with Gasteiger partial charge in [0.05, 0.1) is 24.5 Å². The number of carbonyl (C=O) groups excluding carboxylic acids is 5. The van der Waals surface area contributed by atoms with Gasteiger partial charge < -0.3 is 46.9 Å². The van der Waals surface area contributed by atoms with E-state index in [-0.39, 0.29) is 55.3 Å². The van der Waals surface area contributed by atoms with Crippen LogP contribution in [0.1, 0.15) is 63.7 Å². The first kappa shape index (κ1) is 62.9. The molecule has 0 unspecified atom stereocenters. The average Bonchev–Trinajstić information content (AvgIpc) is 0.922. The number of ether oxygens (including phenoxy) is 1. The Bertz CT molecular complexity index is 3980. The number of carbonyl (C=O) groups is 5. The van der Waals surface area contributed by atoms with Gasteiger partial charge in [-0.05, 0) is 150 Å². The van der Waals surface area contributed by atoms with E-state index in [2.05, 4.69) is 47.2 Å². The zero-order valence-electron chi connectivity index (χ0n) is 49.1. The van der Waals surface area contributed by atoms with Gasteiger partial charge in [0.15, 0.2) is 11.6 Å². The van der Waals surface area contributed by atoms with Crippen molar-refractivity contribution in [3.63, 3.8) is 0 Å². The molecule has 0 fully saturated rings. The van der Waals surface area contributed by atoms with Crippen molar-refractivity contribution in [3.8, 4) is 22.5 Å². The van der Waals surface area contributed by atoms with Crippen molar-refractivity contribution >= 4 is 76.3 Å². The van der Waals surface area contributed by atoms with Crippen molar-refractivity contribution in [3.05, 3.63) is 190 Å². The van der Waals surface area contributed by atoms with Gasteiger partial charge in [-0.2, -0.15) is 9.97 Å². The summed E-state index contributed by atoms with van der Waals surface area (Å²) in [5.41, 5.74) is 3.37. The van der Waals surface area contributed by atoms with Crippen LogP contribution in [0.25, 0.3) is 22.5 Å². The molecule has 6 aromatic carbocycles. The third kappa shape index (κ3) is 14.6. The molecule has 0 aliphatic carbocycles. The number of likely N-dealkylation sites (N-methyl/N-ethyl adjacent to an activating group) is 2. The van der Waals surface area contributed by atoms with Gasteiger partial charge in [0.1, 0.15) is 51.9 Å². The molecule has 2 aliphatic rings. The molecule has 20 nitrogen and oxygen atoms in total. The Hall–Kier alpha value is -10.6. The molecular weight excluding hydrogens is 1160 g/mol. The standard InChI is InChI=1S/C34H34F3N7O4.C29H26F3N7O2/c1-19-9-10-20(30(45)40-22-13-11-21(35)12-14-22)17-23(19)27-24-18-39-32(46)44(28-25(36)7-6-8-26(28)37)29(24)42-31(41-27)38-15-16-43(5)33(47)48-34(2,3)4;1-16-6-7-17(27(40)36-19-10-8-18(30)9-11-19)14-20(16)24-21-15-35-29(41)39(25-22(31)4-3-5-23(25)32)26(21)38-28(37-24)34-13-12-33-2/h6-14,17H,15-16,18H2,1-5H3,(H,39,46)(H,40,45)(H,38,41,42);3-11,14,33H,12-13,15H2,1-2H3,(H,35,41)(H,36,40)(H,34,37,38). The molecule has 2 aliphatic heterocycles. The number of hydrogen-bond acceptors (Lipinski definition) is 13. The highest BCUT2D eigenvalue weighted by Gasteiger charge is 2.36. The van der Waals surface area contributed by atoms with Gasteiger partial charge in [-0.3, -0.25) is 9.59 Å². The highest BCUT2D eigenvalue weighted by molar-refractivity contribution is 6.07. The Morgan fingerprint density at radius 1 is 0.573 bits per heavy atom. The quantitative estimate of drug-likeness (QED) is 0.0352. The number of hydrogen-bond donors (Lipinski definition) is 7. The van der Waals surface area contributed by atoms with E-state index < -0.39 is 81.8 Å². The third-order valence-corrected chi connectivity index (χ3v) is 13.8. The number of amides is 7. The van der Waals surface area contributed by atoms with E-state index in [0.717, 1.165) is 39.6 Å². The molecule has 0 saturated carbocycles. The van der Waals surface area contributed by atoms with Crippen LogP contribution in [-0.2, 0) is 17.8 Å². The summed E-state index contributed by atoms with van der Waals surface area (Å²) in [6.07, 6.45) is -0.541. The molecule has 0 radical (unpaired) electrons. The molecule has 7 N–H and O–H groups in total. The lowest BCUT2D eigenvalue weighted by Crippen LogP contribution is -2.43. The zero-order valence-corrected chi connectivity index (χ0v) is 49.1. The minimum Gasteiger partial charge on any atom is -0.444 e. The second-order valence-electron chi connectivity index (χ2n) is 21.4. The maximum Gasteiger partial charge on any atom is 0.410 e. The number of urea groups is 2. The van der Waals surface area contributed by atoms with Gasteiger partial charge in [-0.15, -0.1) is 0 Å². The lowest BCUT2D eigenvalue weighted by atomic mass is 9.97. The van der Waals surface area contributed by atoms with Crippen LogP contribution >= 0.6 is 0 Å². The second kappa shape index (κ2) is 27.0. The molecule has 26 heteroatoms. The molecule has 10 rings (SSSR count). The molecule has 0 spiro atoms. The van der Waals surface area contributed by atoms with Crippen LogP contribution < -0.4 is 47.0 Å². The van der Waals surface area contributed by atoms with Gasteiger partial charge in [0.25, 0.3) is 11.8 Å². The summed E-state index contributed by atoms with van der Waals surface area (Å²) in [4.78, 5) is 86.4. The van der Waals surface area contributed by atoms with Crippen LogP contribution in [0.15, 0.2) is 121 Å². The summed E-state index contributed by atoms with van der Waals surface area (Å²) in [5, 5.41) is 19.9. The van der Waals surface area contributed by atoms with Gasteiger partial charge in [0.2, 0.25) is 11.9 Å². The largest absolute Gasteiger partial charge is 0.444 e. The van der Waals surface area contributed by atoms with Crippen molar-refractivity contribution < 1.29 is 55.1 Å². The first-order valence-corrected chi connectivity index (χ1v) is 27.8. The molecule has 2 aromatic heterocycles. The Labute approximate surface area is 507 Å². The number of anilines is 8. The molecular formula is C63H60F6N14O6. The highest BCUT2D eigenvalue weighted by atomic mass is 19.2. The number of nitrogens with zero attached hydrogens (tertiary/aromatic N) is 7. The summed E-state index contributed by atoms with van der Waals surface area (Å²) in [7, 11) is 3.34. The van der Waals surface area contributed by atoms with E-state index in [1.54, 1.807) is 78.2 Å². The molecule has 7 amide bonds. The van der Waals surface area contributed by atoms with Gasteiger partial charge >= 0.3 is 18.2 Å². The number of halogens is 6. The molecule has 0 atom stereocenters. The first-order chi connectivity index (χ1) is 42.5. The van der Waals surface area contributed by atoms with Crippen LogP contribution in [0.5, 0.6) is 0 Å². The smallest absolute Gasteiger partial charge is 0.410 e. The number of fused-ring (bicyclic) bond motifs is 2. The van der Waals surface area contributed by atoms with Gasteiger partial charge in [-0.1, -0.05) is 24.3 Å². The monoisotopic (exact) mass is 1220 g/mol. The fourth-order valence-corrected chi connectivity index (χ4v) is 9.32. The topological polar surface area (TPSA) is 240 Å².